The summed E-state index contributed by atoms with van der Waals surface area (Å²) in [5.41, 5.74) is 0. The first-order valence-electron chi connectivity index (χ1n) is 6.98. The molecule has 1 N–H and O–H groups in total. The van der Waals surface area contributed by atoms with Crippen molar-refractivity contribution in [2.24, 2.45) is 0 Å². The Morgan fingerprint density at radius 3 is 2.60 bits per heavy atom. The number of nitrogens with zero attached hydrogens (tertiary/aromatic N) is 3. The van der Waals surface area contributed by atoms with Gasteiger partial charge in [0.15, 0.2) is 0 Å². The number of nitrogens with one attached hydrogen (secondary N) is 1. The lowest BCUT2D eigenvalue weighted by molar-refractivity contribution is -0.136. The Labute approximate surface area is 120 Å². The van der Waals surface area contributed by atoms with Gasteiger partial charge in [-0.2, -0.15) is 0 Å². The summed E-state index contributed by atoms with van der Waals surface area (Å²) in [6, 6.07) is -0.576. The Morgan fingerprint density at radius 1 is 1.45 bits per heavy atom. The molecule has 0 aromatic rings. The van der Waals surface area contributed by atoms with Crippen LogP contribution in [0.3, 0.4) is 0 Å². The average Bonchev–Trinajstić information content (AvgIpc) is 2.45. The van der Waals surface area contributed by atoms with Crippen molar-refractivity contribution in [2.75, 3.05) is 40.8 Å². The van der Waals surface area contributed by atoms with Crippen LogP contribution in [0.2, 0.25) is 0 Å². The molecule has 1 heterocycles. The number of likely N-dealkylation sites (N-methyl/N-ethyl adjacent to an activating group) is 1. The molecule has 116 valence electrons. The molecule has 1 rings (SSSR count). The van der Waals surface area contributed by atoms with E-state index in [2.05, 4.69) is 24.2 Å². The predicted octanol–water partition coefficient (Wildman–Crippen LogP) is 0.130. The van der Waals surface area contributed by atoms with Crippen LogP contribution in [0.5, 0.6) is 0 Å². The molecule has 1 aliphatic rings. The van der Waals surface area contributed by atoms with Crippen LogP contribution in [-0.4, -0.2) is 79.7 Å². The van der Waals surface area contributed by atoms with E-state index in [0.717, 1.165) is 11.6 Å². The first-order valence-corrected chi connectivity index (χ1v) is 6.98. The van der Waals surface area contributed by atoms with Crippen LogP contribution in [0.1, 0.15) is 20.3 Å². The van der Waals surface area contributed by atoms with Gasteiger partial charge in [0.1, 0.15) is 6.04 Å². The van der Waals surface area contributed by atoms with Gasteiger partial charge in [-0.05, 0) is 20.4 Å². The summed E-state index contributed by atoms with van der Waals surface area (Å²) in [7, 11) is 4.97. The molecule has 0 radical (unpaired) electrons. The maximum Gasteiger partial charge on any atom is 0.341 e. The predicted molar refractivity (Wildman–Crippen MR) is 76.1 cm³/mol. The van der Waals surface area contributed by atoms with Gasteiger partial charge in [0, 0.05) is 32.7 Å². The maximum absolute atomic E-state index is 12.5. The lowest BCUT2D eigenvalue weighted by atomic mass is 10.1. The molecule has 1 saturated heterocycles. The fourth-order valence-corrected chi connectivity index (χ4v) is 2.13. The van der Waals surface area contributed by atoms with Gasteiger partial charge >= 0.3 is 6.03 Å². The molecule has 0 spiro atoms. The highest BCUT2D eigenvalue weighted by molar-refractivity contribution is 5.86. The highest BCUT2D eigenvalue weighted by atomic mass is 16.7. The van der Waals surface area contributed by atoms with E-state index in [4.69, 9.17) is 4.84 Å². The summed E-state index contributed by atoms with van der Waals surface area (Å²) in [5, 5.41) is 3.77. The van der Waals surface area contributed by atoms with Crippen LogP contribution in [-0.2, 0) is 9.63 Å². The van der Waals surface area contributed by atoms with E-state index in [1.807, 2.05) is 11.8 Å². The Kier molecular flexibility index (Phi) is 6.22. The summed E-state index contributed by atoms with van der Waals surface area (Å²) in [6.45, 7) is 6.23. The molecule has 0 bridgehead atoms. The minimum absolute atomic E-state index is 0.0229. The Morgan fingerprint density at radius 2 is 2.10 bits per heavy atom. The summed E-state index contributed by atoms with van der Waals surface area (Å²) >= 11 is 0. The van der Waals surface area contributed by atoms with Gasteiger partial charge in [-0.25, -0.2) is 9.86 Å². The standard InChI is InChI=1S/C13H26N4O3/c1-6-11(14-13(19)16(4)20-5)12(18)17-8-7-15(3)10(2)9-17/h10-11H,6-9H2,1-5H3,(H,14,19)/t10-,11?/m1/s1. The average molecular weight is 286 g/mol. The Bertz CT molecular complexity index is 351. The smallest absolute Gasteiger partial charge is 0.338 e. The maximum atomic E-state index is 12.5. The molecule has 0 aromatic carbocycles. The molecular formula is C13H26N4O3. The molecule has 3 amide bonds. The van der Waals surface area contributed by atoms with Gasteiger partial charge in [-0.15, -0.1) is 0 Å². The number of piperazine rings is 1. The van der Waals surface area contributed by atoms with Crippen molar-refractivity contribution in [2.45, 2.75) is 32.4 Å². The third-order valence-corrected chi connectivity index (χ3v) is 3.84. The first-order chi connectivity index (χ1) is 9.40. The molecule has 1 aliphatic heterocycles. The van der Waals surface area contributed by atoms with Crippen molar-refractivity contribution >= 4 is 11.9 Å². The fraction of sp³-hybridized carbons (Fsp3) is 0.846. The number of hydrogen-bond acceptors (Lipinski definition) is 4. The minimum Gasteiger partial charge on any atom is -0.338 e. The van der Waals surface area contributed by atoms with Crippen molar-refractivity contribution < 1.29 is 14.4 Å². The largest absolute Gasteiger partial charge is 0.341 e. The van der Waals surface area contributed by atoms with Gasteiger partial charge in [-0.3, -0.25) is 9.63 Å². The van der Waals surface area contributed by atoms with Crippen LogP contribution in [0.25, 0.3) is 0 Å². The van der Waals surface area contributed by atoms with Crippen molar-refractivity contribution in [3.8, 4) is 0 Å². The van der Waals surface area contributed by atoms with Gasteiger partial charge in [0.05, 0.1) is 7.11 Å². The van der Waals surface area contributed by atoms with Gasteiger partial charge < -0.3 is 15.1 Å². The second kappa shape index (κ2) is 7.44. The van der Waals surface area contributed by atoms with E-state index in [-0.39, 0.29) is 5.91 Å². The molecule has 0 aliphatic carbocycles. The third kappa shape index (κ3) is 4.08. The second-order valence-electron chi connectivity index (χ2n) is 5.20. The quantitative estimate of drug-likeness (QED) is 0.746. The summed E-state index contributed by atoms with van der Waals surface area (Å²) in [4.78, 5) is 33.1. The number of hydroxylamine groups is 2. The van der Waals surface area contributed by atoms with E-state index < -0.39 is 12.1 Å². The first kappa shape index (κ1) is 16.7. The molecule has 7 heteroatoms. The van der Waals surface area contributed by atoms with E-state index in [1.165, 1.54) is 14.2 Å². The molecule has 1 unspecified atom stereocenters. The molecule has 20 heavy (non-hydrogen) atoms. The molecule has 1 fully saturated rings. The van der Waals surface area contributed by atoms with Crippen LogP contribution in [0, 0.1) is 0 Å². The van der Waals surface area contributed by atoms with Crippen molar-refractivity contribution in [1.29, 1.82) is 0 Å². The van der Waals surface area contributed by atoms with E-state index in [9.17, 15) is 9.59 Å². The van der Waals surface area contributed by atoms with Crippen LogP contribution >= 0.6 is 0 Å². The molecule has 7 nitrogen and oxygen atoms in total. The minimum atomic E-state index is -0.504. The van der Waals surface area contributed by atoms with Gasteiger partial charge in [0.2, 0.25) is 5.91 Å². The van der Waals surface area contributed by atoms with E-state index in [0.29, 0.717) is 25.6 Å². The fourth-order valence-electron chi connectivity index (χ4n) is 2.13. The number of hydrogen-bond donors (Lipinski definition) is 1. The highest BCUT2D eigenvalue weighted by Crippen LogP contribution is 2.10. The summed E-state index contributed by atoms with van der Waals surface area (Å²) in [5.74, 6) is -0.0229. The normalized spacial score (nSPS) is 21.4. The molecule has 0 aromatic heterocycles. The van der Waals surface area contributed by atoms with Crippen LogP contribution in [0.15, 0.2) is 0 Å². The zero-order valence-electron chi connectivity index (χ0n) is 13.0. The number of carbonyl (C=O) groups is 2. The SMILES string of the molecule is CCC(NC(=O)N(C)OC)C(=O)N1CCN(C)[C@H](C)C1. The van der Waals surface area contributed by atoms with Gasteiger partial charge in [-0.1, -0.05) is 6.92 Å². The van der Waals surface area contributed by atoms with Crippen LogP contribution < -0.4 is 5.32 Å². The highest BCUT2D eigenvalue weighted by Gasteiger charge is 2.29. The lowest BCUT2D eigenvalue weighted by Crippen LogP contribution is -2.57. The van der Waals surface area contributed by atoms with Crippen LogP contribution in [0.4, 0.5) is 4.79 Å². The van der Waals surface area contributed by atoms with Crippen molar-refractivity contribution in [1.82, 2.24) is 20.2 Å². The topological polar surface area (TPSA) is 65.1 Å². The molecular weight excluding hydrogens is 260 g/mol. The number of rotatable bonds is 4. The number of urea groups is 1. The zero-order valence-corrected chi connectivity index (χ0v) is 13.0. The molecule has 0 saturated carbocycles. The third-order valence-electron chi connectivity index (χ3n) is 3.84. The Hall–Kier alpha value is -1.34. The monoisotopic (exact) mass is 286 g/mol. The van der Waals surface area contributed by atoms with Gasteiger partial charge in [0.25, 0.3) is 0 Å². The number of amides is 3. The van der Waals surface area contributed by atoms with Crippen molar-refractivity contribution in [3.05, 3.63) is 0 Å². The Balaban J connectivity index is 2.61. The van der Waals surface area contributed by atoms with E-state index in [1.54, 1.807) is 0 Å². The molecule has 2 atom stereocenters. The van der Waals surface area contributed by atoms with Crippen molar-refractivity contribution in [3.63, 3.8) is 0 Å². The zero-order chi connectivity index (χ0) is 15.3. The van der Waals surface area contributed by atoms with E-state index >= 15 is 0 Å². The lowest BCUT2D eigenvalue weighted by Gasteiger charge is -2.39. The number of carbonyl (C=O) groups excluding carboxylic acids is 2. The second-order valence-corrected chi connectivity index (χ2v) is 5.20. The summed E-state index contributed by atoms with van der Waals surface area (Å²) in [6.07, 6.45) is 0.558. The summed E-state index contributed by atoms with van der Waals surface area (Å²) < 4.78 is 0.